The van der Waals surface area contributed by atoms with Gasteiger partial charge in [-0.1, -0.05) is 30.3 Å². The molecule has 30 heavy (non-hydrogen) atoms. The van der Waals surface area contributed by atoms with Crippen molar-refractivity contribution in [2.24, 2.45) is 0 Å². The third kappa shape index (κ3) is 3.69. The summed E-state index contributed by atoms with van der Waals surface area (Å²) in [6, 6.07) is 13.2. The number of amides is 4. The highest BCUT2D eigenvalue weighted by Crippen LogP contribution is 2.25. The number of benzene rings is 2. The molecule has 4 amide bonds. The van der Waals surface area contributed by atoms with Crippen molar-refractivity contribution in [3.8, 4) is 0 Å². The van der Waals surface area contributed by atoms with Crippen LogP contribution in [0.2, 0.25) is 0 Å². The summed E-state index contributed by atoms with van der Waals surface area (Å²) in [4.78, 5) is 62.5. The number of carbonyl (C=O) groups excluding carboxylic acids is 5. The van der Waals surface area contributed by atoms with Crippen LogP contribution in [-0.4, -0.2) is 29.4 Å². The maximum atomic E-state index is 12.6. The summed E-state index contributed by atoms with van der Waals surface area (Å²) >= 11 is 0. The number of hydrogen-bond acceptors (Lipinski definition) is 5. The average Bonchev–Trinajstić information content (AvgIpc) is 3.26. The van der Waals surface area contributed by atoms with Crippen LogP contribution in [0, 0.1) is 0 Å². The van der Waals surface area contributed by atoms with Crippen molar-refractivity contribution in [1.29, 1.82) is 0 Å². The molecule has 150 valence electrons. The molecule has 2 aliphatic rings. The average molecular weight is 402 g/mol. The van der Waals surface area contributed by atoms with Gasteiger partial charge in [-0.15, -0.1) is 0 Å². The van der Waals surface area contributed by atoms with E-state index in [1.807, 2.05) is 0 Å². The number of allylic oxidation sites excluding steroid dienone is 1. The molecule has 2 saturated heterocycles. The van der Waals surface area contributed by atoms with Gasteiger partial charge < -0.3 is 0 Å². The third-order valence-electron chi connectivity index (χ3n) is 5.05. The molecule has 0 aliphatic carbocycles. The summed E-state index contributed by atoms with van der Waals surface area (Å²) < 4.78 is 0. The Morgan fingerprint density at radius 3 is 1.77 bits per heavy atom. The molecular weight excluding hydrogens is 384 g/mol. The first-order valence-corrected chi connectivity index (χ1v) is 9.58. The summed E-state index contributed by atoms with van der Waals surface area (Å²) in [5.41, 5.74) is 1.87. The fraction of sp³-hybridized carbons (Fsp3) is 0.174. The van der Waals surface area contributed by atoms with Gasteiger partial charge in [-0.25, -0.2) is 0 Å². The monoisotopic (exact) mass is 402 g/mol. The number of nitrogens with zero attached hydrogens (tertiary/aromatic N) is 2. The van der Waals surface area contributed by atoms with Gasteiger partial charge >= 0.3 is 0 Å². The minimum Gasteiger partial charge on any atom is -0.289 e. The molecule has 2 aromatic carbocycles. The van der Waals surface area contributed by atoms with Gasteiger partial charge in [-0.3, -0.25) is 33.8 Å². The first-order chi connectivity index (χ1) is 14.4. The molecule has 0 N–H and O–H groups in total. The summed E-state index contributed by atoms with van der Waals surface area (Å²) in [5.74, 6) is -1.32. The predicted molar refractivity (Wildman–Crippen MR) is 110 cm³/mol. The van der Waals surface area contributed by atoms with E-state index in [1.54, 1.807) is 48.5 Å². The van der Waals surface area contributed by atoms with Crippen LogP contribution in [-0.2, 0) is 19.2 Å². The van der Waals surface area contributed by atoms with Crippen molar-refractivity contribution in [3.05, 3.63) is 65.7 Å². The maximum Gasteiger partial charge on any atom is 0.234 e. The number of hydrogen-bond donors (Lipinski definition) is 0. The fourth-order valence-electron chi connectivity index (χ4n) is 3.56. The fourth-order valence-corrected chi connectivity index (χ4v) is 3.56. The second kappa shape index (κ2) is 7.87. The van der Waals surface area contributed by atoms with Crippen molar-refractivity contribution in [2.75, 3.05) is 9.80 Å². The van der Waals surface area contributed by atoms with Crippen molar-refractivity contribution in [3.63, 3.8) is 0 Å². The minimum atomic E-state index is -0.297. The quantitative estimate of drug-likeness (QED) is 0.436. The summed E-state index contributed by atoms with van der Waals surface area (Å²) in [6.45, 7) is 0. The molecule has 0 spiro atoms. The van der Waals surface area contributed by atoms with Crippen LogP contribution in [0.15, 0.2) is 54.6 Å². The van der Waals surface area contributed by atoms with Gasteiger partial charge in [0.15, 0.2) is 5.78 Å². The molecule has 0 unspecified atom stereocenters. The predicted octanol–water partition coefficient (Wildman–Crippen LogP) is 2.89. The molecule has 7 heteroatoms. The molecule has 7 nitrogen and oxygen atoms in total. The van der Waals surface area contributed by atoms with E-state index in [0.29, 0.717) is 22.5 Å². The van der Waals surface area contributed by atoms with Gasteiger partial charge in [0.2, 0.25) is 23.6 Å². The number of ketones is 1. The minimum absolute atomic E-state index is 0.176. The van der Waals surface area contributed by atoms with Gasteiger partial charge in [-0.05, 0) is 35.9 Å². The number of imide groups is 2. The van der Waals surface area contributed by atoms with Crippen LogP contribution >= 0.6 is 0 Å². The maximum absolute atomic E-state index is 12.6. The molecule has 4 rings (SSSR count). The van der Waals surface area contributed by atoms with Crippen molar-refractivity contribution >= 4 is 46.9 Å². The van der Waals surface area contributed by atoms with E-state index in [1.165, 1.54) is 12.1 Å². The van der Waals surface area contributed by atoms with Gasteiger partial charge in [0, 0.05) is 31.2 Å². The number of anilines is 2. The van der Waals surface area contributed by atoms with Crippen LogP contribution in [0.3, 0.4) is 0 Å². The molecule has 0 bridgehead atoms. The lowest BCUT2D eigenvalue weighted by molar-refractivity contribution is -0.122. The van der Waals surface area contributed by atoms with E-state index in [9.17, 15) is 24.0 Å². The Morgan fingerprint density at radius 2 is 1.20 bits per heavy atom. The van der Waals surface area contributed by atoms with Crippen LogP contribution in [0.5, 0.6) is 0 Å². The lowest BCUT2D eigenvalue weighted by Crippen LogP contribution is -2.28. The van der Waals surface area contributed by atoms with Crippen molar-refractivity contribution in [1.82, 2.24) is 0 Å². The number of carbonyl (C=O) groups is 5. The Kier molecular flexibility index (Phi) is 5.10. The van der Waals surface area contributed by atoms with E-state index < -0.39 is 0 Å². The molecule has 0 aromatic heterocycles. The van der Waals surface area contributed by atoms with Gasteiger partial charge in [0.1, 0.15) is 0 Å². The lowest BCUT2D eigenvalue weighted by atomic mass is 10.1. The zero-order chi connectivity index (χ0) is 21.3. The Bertz CT molecular complexity index is 1090. The first kappa shape index (κ1) is 19.4. The summed E-state index contributed by atoms with van der Waals surface area (Å²) in [5, 5.41) is 0. The summed E-state index contributed by atoms with van der Waals surface area (Å²) in [7, 11) is 0. The molecule has 2 aliphatic heterocycles. The first-order valence-electron chi connectivity index (χ1n) is 9.58. The third-order valence-corrected chi connectivity index (χ3v) is 5.05. The molecule has 0 saturated carbocycles. The second-order valence-electron chi connectivity index (χ2n) is 7.09. The van der Waals surface area contributed by atoms with Crippen LogP contribution < -0.4 is 9.80 Å². The Morgan fingerprint density at radius 1 is 0.700 bits per heavy atom. The Labute approximate surface area is 172 Å². The normalized spacial score (nSPS) is 16.9. The van der Waals surface area contributed by atoms with Crippen LogP contribution in [0.25, 0.3) is 6.08 Å². The van der Waals surface area contributed by atoms with Gasteiger partial charge in [0.25, 0.3) is 0 Å². The molecular formula is C23H18N2O5. The highest BCUT2D eigenvalue weighted by Gasteiger charge is 2.31. The number of rotatable bonds is 5. The van der Waals surface area contributed by atoms with Crippen LogP contribution in [0.1, 0.15) is 41.6 Å². The topological polar surface area (TPSA) is 91.8 Å². The Hall–Kier alpha value is -3.87. The standard InChI is InChI=1S/C23H18N2O5/c26-19(16-4-2-6-18(14-16)25-22(29)11-12-23(25)30)8-7-15-3-1-5-17(13-15)24-20(27)9-10-21(24)28/h1-8,13-14H,9-12H2/b8-7+. The van der Waals surface area contributed by atoms with E-state index in [4.69, 9.17) is 0 Å². The van der Waals surface area contributed by atoms with Crippen LogP contribution in [0.4, 0.5) is 11.4 Å². The zero-order valence-electron chi connectivity index (χ0n) is 16.0. The molecule has 2 fully saturated rings. The van der Waals surface area contributed by atoms with E-state index >= 15 is 0 Å². The van der Waals surface area contributed by atoms with Crippen molar-refractivity contribution < 1.29 is 24.0 Å². The molecule has 2 aromatic rings. The van der Waals surface area contributed by atoms with Gasteiger partial charge in [-0.2, -0.15) is 0 Å². The van der Waals surface area contributed by atoms with Gasteiger partial charge in [0.05, 0.1) is 11.4 Å². The molecule has 0 radical (unpaired) electrons. The highest BCUT2D eigenvalue weighted by molar-refractivity contribution is 6.21. The SMILES string of the molecule is O=C(/C=C/c1cccc(N2C(=O)CCC2=O)c1)c1cccc(N2C(=O)CCC2=O)c1. The second-order valence-corrected chi connectivity index (χ2v) is 7.09. The zero-order valence-corrected chi connectivity index (χ0v) is 16.0. The van der Waals surface area contributed by atoms with E-state index in [0.717, 1.165) is 9.80 Å². The largest absolute Gasteiger partial charge is 0.289 e. The summed E-state index contributed by atoms with van der Waals surface area (Å²) in [6.07, 6.45) is 3.73. The lowest BCUT2D eigenvalue weighted by Gasteiger charge is -2.14. The van der Waals surface area contributed by atoms with E-state index in [2.05, 4.69) is 0 Å². The molecule has 2 heterocycles. The highest BCUT2D eigenvalue weighted by atomic mass is 16.2. The Balaban J connectivity index is 1.53. The smallest absolute Gasteiger partial charge is 0.234 e. The van der Waals surface area contributed by atoms with E-state index in [-0.39, 0.29) is 55.1 Å². The van der Waals surface area contributed by atoms with Crippen molar-refractivity contribution in [2.45, 2.75) is 25.7 Å². The molecule has 0 atom stereocenters.